The molecule has 0 bridgehead atoms. The number of rotatable bonds is 4. The molecule has 0 heterocycles. The summed E-state index contributed by atoms with van der Waals surface area (Å²) < 4.78 is 35.1. The lowest BCUT2D eigenvalue weighted by atomic mass is 10.2. The lowest BCUT2D eigenvalue weighted by molar-refractivity contribution is -0.201. The zero-order chi connectivity index (χ0) is 9.78. The zero-order valence-corrected chi connectivity index (χ0v) is 7.15. The second kappa shape index (κ2) is 4.67. The van der Waals surface area contributed by atoms with Crippen LogP contribution in [0.5, 0.6) is 0 Å². The van der Waals surface area contributed by atoms with Crippen LogP contribution in [0.2, 0.25) is 0 Å². The quantitative estimate of drug-likeness (QED) is 0.688. The molecule has 74 valence electrons. The highest BCUT2D eigenvalue weighted by Crippen LogP contribution is 2.19. The summed E-state index contributed by atoms with van der Waals surface area (Å²) in [6.45, 7) is 3.81. The van der Waals surface area contributed by atoms with Crippen molar-refractivity contribution in [2.45, 2.75) is 26.1 Å². The van der Waals surface area contributed by atoms with Crippen molar-refractivity contribution in [3.8, 4) is 0 Å². The van der Waals surface area contributed by atoms with Crippen molar-refractivity contribution in [2.24, 2.45) is 5.92 Å². The van der Waals surface area contributed by atoms with Crippen LogP contribution in [-0.4, -0.2) is 30.5 Å². The second-order valence-electron chi connectivity index (χ2n) is 3.11. The average Bonchev–Trinajstić information content (AvgIpc) is 1.84. The first kappa shape index (κ1) is 11.7. The molecule has 0 aliphatic heterocycles. The maximum absolute atomic E-state index is 11.7. The van der Waals surface area contributed by atoms with Gasteiger partial charge in [-0.1, -0.05) is 13.8 Å². The van der Waals surface area contributed by atoms with E-state index >= 15 is 0 Å². The van der Waals surface area contributed by atoms with Gasteiger partial charge in [-0.05, 0) is 12.5 Å². The van der Waals surface area contributed by atoms with E-state index in [0.717, 1.165) is 0 Å². The van der Waals surface area contributed by atoms with Crippen LogP contribution >= 0.6 is 0 Å². The first-order chi connectivity index (χ1) is 5.34. The van der Waals surface area contributed by atoms with Crippen LogP contribution in [0.1, 0.15) is 13.8 Å². The van der Waals surface area contributed by atoms with Crippen LogP contribution in [0.15, 0.2) is 0 Å². The molecular formula is C7H14F3NO. The van der Waals surface area contributed by atoms with Crippen LogP contribution in [0.3, 0.4) is 0 Å². The molecule has 5 heteroatoms. The maximum Gasteiger partial charge on any atom is 0.415 e. The first-order valence-corrected chi connectivity index (χ1v) is 3.79. The summed E-state index contributed by atoms with van der Waals surface area (Å²) >= 11 is 0. The van der Waals surface area contributed by atoms with Crippen LogP contribution in [0, 0.1) is 5.92 Å². The van der Waals surface area contributed by atoms with E-state index in [4.69, 9.17) is 5.11 Å². The molecule has 0 aromatic heterocycles. The molecule has 1 atom stereocenters. The number of hydrogen-bond acceptors (Lipinski definition) is 2. The number of alkyl halides is 3. The molecule has 0 aromatic carbocycles. The molecule has 2 N–H and O–H groups in total. The van der Waals surface area contributed by atoms with Crippen molar-refractivity contribution in [3.05, 3.63) is 0 Å². The lowest BCUT2D eigenvalue weighted by Crippen LogP contribution is -2.39. The highest BCUT2D eigenvalue weighted by atomic mass is 19.4. The Labute approximate surface area is 69.8 Å². The van der Waals surface area contributed by atoms with Crippen molar-refractivity contribution in [1.82, 2.24) is 5.32 Å². The predicted molar refractivity (Wildman–Crippen MR) is 39.8 cm³/mol. The van der Waals surface area contributed by atoms with E-state index in [0.29, 0.717) is 6.54 Å². The number of aliphatic hydroxyl groups excluding tert-OH is 1. The van der Waals surface area contributed by atoms with Gasteiger partial charge in [0.25, 0.3) is 0 Å². The molecular weight excluding hydrogens is 171 g/mol. The Morgan fingerprint density at radius 3 is 2.08 bits per heavy atom. The van der Waals surface area contributed by atoms with E-state index in [1.54, 1.807) is 0 Å². The maximum atomic E-state index is 11.7. The Bertz CT molecular complexity index is 124. The van der Waals surface area contributed by atoms with Crippen LogP contribution < -0.4 is 5.32 Å². The Balaban J connectivity index is 3.51. The number of aliphatic hydroxyl groups is 1. The van der Waals surface area contributed by atoms with Crippen molar-refractivity contribution in [3.63, 3.8) is 0 Å². The van der Waals surface area contributed by atoms with Crippen molar-refractivity contribution in [2.75, 3.05) is 13.1 Å². The smallest absolute Gasteiger partial charge is 0.382 e. The molecule has 2 nitrogen and oxygen atoms in total. The van der Waals surface area contributed by atoms with E-state index in [1.165, 1.54) is 0 Å². The SMILES string of the molecule is CC(C)CNC[C@H](O)C(F)(F)F. The second-order valence-corrected chi connectivity index (χ2v) is 3.11. The van der Waals surface area contributed by atoms with Gasteiger partial charge in [-0.2, -0.15) is 13.2 Å². The van der Waals surface area contributed by atoms with E-state index in [9.17, 15) is 13.2 Å². The van der Waals surface area contributed by atoms with Crippen LogP contribution in [0.25, 0.3) is 0 Å². The Morgan fingerprint density at radius 1 is 1.25 bits per heavy atom. The summed E-state index contributed by atoms with van der Waals surface area (Å²) in [5.41, 5.74) is 0. The highest BCUT2D eigenvalue weighted by molar-refractivity contribution is 4.68. The predicted octanol–water partition coefficient (Wildman–Crippen LogP) is 1.16. The largest absolute Gasteiger partial charge is 0.415 e. The first-order valence-electron chi connectivity index (χ1n) is 3.79. The van der Waals surface area contributed by atoms with Gasteiger partial charge in [0.15, 0.2) is 6.10 Å². The molecule has 0 aliphatic rings. The van der Waals surface area contributed by atoms with E-state index in [2.05, 4.69) is 5.32 Å². The standard InChI is InChI=1S/C7H14F3NO/c1-5(2)3-11-4-6(12)7(8,9)10/h5-6,11-12H,3-4H2,1-2H3/t6-/m0/s1. The van der Waals surface area contributed by atoms with E-state index in [-0.39, 0.29) is 5.92 Å². The minimum Gasteiger partial charge on any atom is -0.382 e. The minimum absolute atomic E-state index is 0.283. The summed E-state index contributed by atoms with van der Waals surface area (Å²) in [4.78, 5) is 0. The summed E-state index contributed by atoms with van der Waals surface area (Å²) in [5.74, 6) is 0.283. The van der Waals surface area contributed by atoms with Crippen molar-refractivity contribution < 1.29 is 18.3 Å². The lowest BCUT2D eigenvalue weighted by Gasteiger charge is -2.15. The number of nitrogens with one attached hydrogen (secondary N) is 1. The number of halogens is 3. The van der Waals surface area contributed by atoms with Gasteiger partial charge in [0, 0.05) is 6.54 Å². The van der Waals surface area contributed by atoms with Gasteiger partial charge in [0.2, 0.25) is 0 Å². The fourth-order valence-electron chi connectivity index (χ4n) is 0.624. The fraction of sp³-hybridized carbons (Fsp3) is 1.00. The van der Waals surface area contributed by atoms with Gasteiger partial charge < -0.3 is 10.4 Å². The molecule has 12 heavy (non-hydrogen) atoms. The zero-order valence-electron chi connectivity index (χ0n) is 7.15. The molecule has 0 saturated heterocycles. The van der Waals surface area contributed by atoms with Gasteiger partial charge in [-0.25, -0.2) is 0 Å². The molecule has 0 aliphatic carbocycles. The van der Waals surface area contributed by atoms with Gasteiger partial charge >= 0.3 is 6.18 Å². The molecule has 0 amide bonds. The molecule has 0 spiro atoms. The molecule has 0 unspecified atom stereocenters. The monoisotopic (exact) mass is 185 g/mol. The van der Waals surface area contributed by atoms with Crippen LogP contribution in [0.4, 0.5) is 13.2 Å². The summed E-state index contributed by atoms with van der Waals surface area (Å²) in [5, 5.41) is 11.0. The highest BCUT2D eigenvalue weighted by Gasteiger charge is 2.37. The molecule has 0 saturated carbocycles. The summed E-state index contributed by atoms with van der Waals surface area (Å²) in [7, 11) is 0. The Hall–Kier alpha value is -0.290. The summed E-state index contributed by atoms with van der Waals surface area (Å²) in [6.07, 6.45) is -6.76. The molecule has 0 fully saturated rings. The average molecular weight is 185 g/mol. The van der Waals surface area contributed by atoms with Gasteiger partial charge in [-0.3, -0.25) is 0 Å². The molecule has 0 rings (SSSR count). The summed E-state index contributed by atoms with van der Waals surface area (Å²) in [6, 6.07) is 0. The van der Waals surface area contributed by atoms with Crippen molar-refractivity contribution in [1.29, 1.82) is 0 Å². The van der Waals surface area contributed by atoms with Gasteiger partial charge in [0.1, 0.15) is 0 Å². The van der Waals surface area contributed by atoms with Gasteiger partial charge in [-0.15, -0.1) is 0 Å². The topological polar surface area (TPSA) is 32.3 Å². The normalized spacial score (nSPS) is 15.2. The Morgan fingerprint density at radius 2 is 1.75 bits per heavy atom. The third kappa shape index (κ3) is 5.37. The molecule has 0 radical (unpaired) electrons. The van der Waals surface area contributed by atoms with Gasteiger partial charge in [0.05, 0.1) is 0 Å². The van der Waals surface area contributed by atoms with Crippen LogP contribution in [-0.2, 0) is 0 Å². The minimum atomic E-state index is -4.51. The van der Waals surface area contributed by atoms with Crippen molar-refractivity contribution >= 4 is 0 Å². The van der Waals surface area contributed by atoms with E-state index in [1.807, 2.05) is 13.8 Å². The fourth-order valence-corrected chi connectivity index (χ4v) is 0.624. The molecule has 0 aromatic rings. The van der Waals surface area contributed by atoms with E-state index < -0.39 is 18.8 Å². The number of hydrogen-bond donors (Lipinski definition) is 2. The third-order valence-electron chi connectivity index (χ3n) is 1.27. The Kier molecular flexibility index (Phi) is 4.55. The third-order valence-corrected chi connectivity index (χ3v) is 1.27.